The van der Waals surface area contributed by atoms with Gasteiger partial charge in [0, 0.05) is 22.7 Å². The molecule has 7 heteroatoms. The molecule has 3 aromatic carbocycles. The molecule has 166 valence electrons. The zero-order valence-corrected chi connectivity index (χ0v) is 18.7. The molecule has 1 atom stereocenters. The molecule has 3 aromatic rings. The normalized spacial score (nSPS) is 11.3. The molecule has 0 saturated carbocycles. The van der Waals surface area contributed by atoms with Crippen molar-refractivity contribution < 1.29 is 19.1 Å². The Kier molecular flexibility index (Phi) is 8.11. The molecule has 3 rings (SSSR count). The summed E-state index contributed by atoms with van der Waals surface area (Å²) in [5, 5.41) is 6.13. The molecular weight excluding hydrogens is 428 g/mol. The van der Waals surface area contributed by atoms with E-state index in [1.807, 2.05) is 48.5 Å². The highest BCUT2D eigenvalue weighted by Gasteiger charge is 2.18. The van der Waals surface area contributed by atoms with Gasteiger partial charge in [-0.25, -0.2) is 0 Å². The molecule has 1 unspecified atom stereocenters. The van der Waals surface area contributed by atoms with E-state index in [4.69, 9.17) is 21.1 Å². The van der Waals surface area contributed by atoms with E-state index in [1.165, 1.54) is 7.11 Å². The van der Waals surface area contributed by atoms with E-state index in [0.717, 1.165) is 11.1 Å². The van der Waals surface area contributed by atoms with Crippen LogP contribution >= 0.6 is 11.6 Å². The Bertz CT molecular complexity index is 1070. The Morgan fingerprint density at radius 3 is 2.41 bits per heavy atom. The summed E-state index contributed by atoms with van der Waals surface area (Å²) in [5.41, 5.74) is 2.18. The van der Waals surface area contributed by atoms with Gasteiger partial charge in [0.15, 0.2) is 11.5 Å². The average Bonchev–Trinajstić information content (AvgIpc) is 2.82. The summed E-state index contributed by atoms with van der Waals surface area (Å²) in [4.78, 5) is 25.0. The SMILES string of the molecule is COc1cc(C(=O)NC(C)C(=O)NCc2ccccc2)ccc1OCc1ccccc1Cl. The third-order valence-electron chi connectivity index (χ3n) is 4.82. The van der Waals surface area contributed by atoms with E-state index in [-0.39, 0.29) is 18.4 Å². The van der Waals surface area contributed by atoms with Crippen LogP contribution in [-0.2, 0) is 17.9 Å². The highest BCUT2D eigenvalue weighted by Crippen LogP contribution is 2.29. The van der Waals surface area contributed by atoms with Gasteiger partial charge in [0.05, 0.1) is 7.11 Å². The van der Waals surface area contributed by atoms with Crippen LogP contribution in [0.2, 0.25) is 5.02 Å². The number of rotatable bonds is 9. The number of benzene rings is 3. The number of nitrogens with one attached hydrogen (secondary N) is 2. The van der Waals surface area contributed by atoms with Crippen LogP contribution < -0.4 is 20.1 Å². The minimum absolute atomic E-state index is 0.264. The number of ether oxygens (including phenoxy) is 2. The molecule has 2 amide bonds. The van der Waals surface area contributed by atoms with Crippen LogP contribution in [0, 0.1) is 0 Å². The van der Waals surface area contributed by atoms with E-state index >= 15 is 0 Å². The Morgan fingerprint density at radius 1 is 0.969 bits per heavy atom. The molecule has 2 N–H and O–H groups in total. The quantitative estimate of drug-likeness (QED) is 0.505. The molecule has 0 radical (unpaired) electrons. The van der Waals surface area contributed by atoms with Crippen LogP contribution in [0.5, 0.6) is 11.5 Å². The lowest BCUT2D eigenvalue weighted by Crippen LogP contribution is -2.44. The zero-order valence-electron chi connectivity index (χ0n) is 17.9. The molecule has 0 spiro atoms. The van der Waals surface area contributed by atoms with E-state index < -0.39 is 6.04 Å². The fourth-order valence-corrected chi connectivity index (χ4v) is 3.17. The summed E-state index contributed by atoms with van der Waals surface area (Å²) in [6.45, 7) is 2.29. The number of halogens is 1. The molecule has 32 heavy (non-hydrogen) atoms. The Labute approximate surface area is 192 Å². The monoisotopic (exact) mass is 452 g/mol. The van der Waals surface area contributed by atoms with Crippen molar-refractivity contribution in [2.75, 3.05) is 7.11 Å². The lowest BCUT2D eigenvalue weighted by Gasteiger charge is -2.16. The van der Waals surface area contributed by atoms with Gasteiger partial charge in [-0.2, -0.15) is 0 Å². The van der Waals surface area contributed by atoms with Gasteiger partial charge >= 0.3 is 0 Å². The van der Waals surface area contributed by atoms with Gasteiger partial charge in [0.1, 0.15) is 12.6 Å². The van der Waals surface area contributed by atoms with Gasteiger partial charge in [-0.3, -0.25) is 9.59 Å². The van der Waals surface area contributed by atoms with Crippen molar-refractivity contribution >= 4 is 23.4 Å². The molecule has 0 aliphatic heterocycles. The van der Waals surface area contributed by atoms with Crippen LogP contribution in [-0.4, -0.2) is 25.0 Å². The van der Waals surface area contributed by atoms with Gasteiger partial charge in [-0.05, 0) is 36.8 Å². The average molecular weight is 453 g/mol. The van der Waals surface area contributed by atoms with Gasteiger partial charge < -0.3 is 20.1 Å². The first-order chi connectivity index (χ1) is 15.5. The van der Waals surface area contributed by atoms with Crippen LogP contribution in [0.25, 0.3) is 0 Å². The second-order valence-electron chi connectivity index (χ2n) is 7.14. The number of hydrogen-bond acceptors (Lipinski definition) is 4. The highest BCUT2D eigenvalue weighted by molar-refractivity contribution is 6.31. The smallest absolute Gasteiger partial charge is 0.252 e. The van der Waals surface area contributed by atoms with E-state index in [2.05, 4.69) is 10.6 Å². The molecule has 0 heterocycles. The Balaban J connectivity index is 1.58. The molecular formula is C25H25ClN2O4. The Morgan fingerprint density at radius 2 is 1.69 bits per heavy atom. The molecule has 0 bridgehead atoms. The Hall–Kier alpha value is -3.51. The first kappa shape index (κ1) is 23.2. The van der Waals surface area contributed by atoms with Crippen LogP contribution in [0.15, 0.2) is 72.8 Å². The zero-order chi connectivity index (χ0) is 22.9. The largest absolute Gasteiger partial charge is 0.493 e. The maximum Gasteiger partial charge on any atom is 0.252 e. The number of carbonyl (C=O) groups excluding carboxylic acids is 2. The topological polar surface area (TPSA) is 76.7 Å². The molecule has 0 aliphatic carbocycles. The summed E-state index contributed by atoms with van der Waals surface area (Å²) in [6.07, 6.45) is 0. The summed E-state index contributed by atoms with van der Waals surface area (Å²) in [5.74, 6) is 0.237. The summed E-state index contributed by atoms with van der Waals surface area (Å²) in [7, 11) is 1.50. The third kappa shape index (κ3) is 6.25. The van der Waals surface area contributed by atoms with Gasteiger partial charge in [0.25, 0.3) is 5.91 Å². The van der Waals surface area contributed by atoms with Crippen molar-refractivity contribution in [3.8, 4) is 11.5 Å². The minimum Gasteiger partial charge on any atom is -0.493 e. The first-order valence-electron chi connectivity index (χ1n) is 10.1. The number of amides is 2. The lowest BCUT2D eigenvalue weighted by molar-refractivity contribution is -0.122. The maximum absolute atomic E-state index is 12.6. The fourth-order valence-electron chi connectivity index (χ4n) is 2.98. The van der Waals surface area contributed by atoms with Gasteiger partial charge in [-0.15, -0.1) is 0 Å². The molecule has 0 aliphatic rings. The second-order valence-corrected chi connectivity index (χ2v) is 7.55. The van der Waals surface area contributed by atoms with Crippen LogP contribution in [0.3, 0.4) is 0 Å². The van der Waals surface area contributed by atoms with E-state index in [0.29, 0.717) is 28.6 Å². The molecule has 6 nitrogen and oxygen atoms in total. The first-order valence-corrected chi connectivity index (χ1v) is 10.5. The van der Waals surface area contributed by atoms with Crippen molar-refractivity contribution in [3.63, 3.8) is 0 Å². The van der Waals surface area contributed by atoms with Crippen LogP contribution in [0.4, 0.5) is 0 Å². The number of carbonyl (C=O) groups is 2. The fraction of sp³-hybridized carbons (Fsp3) is 0.200. The van der Waals surface area contributed by atoms with Crippen molar-refractivity contribution in [1.29, 1.82) is 0 Å². The number of hydrogen-bond donors (Lipinski definition) is 2. The van der Waals surface area contributed by atoms with Crippen molar-refractivity contribution in [1.82, 2.24) is 10.6 Å². The standard InChI is InChI=1S/C25H25ClN2O4/c1-17(24(29)27-15-18-8-4-3-5-9-18)28-25(30)19-12-13-22(23(14-19)31-2)32-16-20-10-6-7-11-21(20)26/h3-14,17H,15-16H2,1-2H3,(H,27,29)(H,28,30). The summed E-state index contributed by atoms with van der Waals surface area (Å²) in [6, 6.07) is 21.1. The van der Waals surface area contributed by atoms with E-state index in [9.17, 15) is 9.59 Å². The van der Waals surface area contributed by atoms with E-state index in [1.54, 1.807) is 31.2 Å². The maximum atomic E-state index is 12.6. The van der Waals surface area contributed by atoms with Crippen LogP contribution in [0.1, 0.15) is 28.4 Å². The van der Waals surface area contributed by atoms with Gasteiger partial charge in [-0.1, -0.05) is 60.1 Å². The summed E-state index contributed by atoms with van der Waals surface area (Å²) >= 11 is 6.17. The molecule has 0 saturated heterocycles. The highest BCUT2D eigenvalue weighted by atomic mass is 35.5. The molecule has 0 fully saturated rings. The minimum atomic E-state index is -0.701. The van der Waals surface area contributed by atoms with Crippen molar-refractivity contribution in [3.05, 3.63) is 94.5 Å². The van der Waals surface area contributed by atoms with Crippen molar-refractivity contribution in [2.45, 2.75) is 26.1 Å². The second kappa shape index (κ2) is 11.2. The third-order valence-corrected chi connectivity index (χ3v) is 5.19. The lowest BCUT2D eigenvalue weighted by atomic mass is 10.1. The van der Waals surface area contributed by atoms with Crippen molar-refractivity contribution in [2.24, 2.45) is 0 Å². The number of methoxy groups -OCH3 is 1. The predicted molar refractivity (Wildman–Crippen MR) is 124 cm³/mol. The van der Waals surface area contributed by atoms with Gasteiger partial charge in [0.2, 0.25) is 5.91 Å². The predicted octanol–water partition coefficient (Wildman–Crippen LogP) is 4.36. The molecule has 0 aromatic heterocycles. The summed E-state index contributed by atoms with van der Waals surface area (Å²) < 4.78 is 11.2.